The van der Waals surface area contributed by atoms with Gasteiger partial charge in [0.15, 0.2) is 0 Å². The number of thiophene rings is 1. The van der Waals surface area contributed by atoms with Gasteiger partial charge in [0, 0.05) is 17.5 Å². The van der Waals surface area contributed by atoms with Crippen LogP contribution in [0.1, 0.15) is 10.4 Å². The highest BCUT2D eigenvalue weighted by Gasteiger charge is 2.08. The molecule has 0 amide bonds. The van der Waals surface area contributed by atoms with Crippen molar-refractivity contribution in [3.05, 3.63) is 57.2 Å². The van der Waals surface area contributed by atoms with Crippen molar-refractivity contribution in [2.24, 2.45) is 0 Å². The summed E-state index contributed by atoms with van der Waals surface area (Å²) in [7, 11) is 0. The van der Waals surface area contributed by atoms with Crippen molar-refractivity contribution < 1.29 is 5.11 Å². The molecule has 2 nitrogen and oxygen atoms in total. The molecule has 0 spiro atoms. The van der Waals surface area contributed by atoms with Gasteiger partial charge in [-0.15, -0.1) is 11.3 Å². The first-order chi connectivity index (χ1) is 8.78. The van der Waals surface area contributed by atoms with Crippen LogP contribution in [0.3, 0.4) is 0 Å². The van der Waals surface area contributed by atoms with Gasteiger partial charge in [0.2, 0.25) is 0 Å². The van der Waals surface area contributed by atoms with Crippen LogP contribution in [0, 0.1) is 0 Å². The maximum atomic E-state index is 9.39. The number of aliphatic hydroxyl groups is 1. The van der Waals surface area contributed by atoms with Crippen molar-refractivity contribution in [2.75, 3.05) is 6.61 Å². The number of halogens is 1. The lowest BCUT2D eigenvalue weighted by Crippen LogP contribution is -2.33. The third-order valence-corrected chi connectivity index (χ3v) is 3.97. The Labute approximate surface area is 116 Å². The molecule has 0 bridgehead atoms. The zero-order chi connectivity index (χ0) is 12.8. The molecule has 2 aromatic rings. The minimum Gasteiger partial charge on any atom is -0.395 e. The molecule has 1 heterocycles. The highest BCUT2D eigenvalue weighted by molar-refractivity contribution is 7.16. The van der Waals surface area contributed by atoms with Crippen molar-refractivity contribution in [1.82, 2.24) is 5.32 Å². The highest BCUT2D eigenvalue weighted by Crippen LogP contribution is 2.21. The SMILES string of the molecule is OCC(Cc1ccccc1)NCc1ccc(Cl)s1. The molecule has 0 saturated heterocycles. The first kappa shape index (κ1) is 13.6. The van der Waals surface area contributed by atoms with Crippen LogP contribution >= 0.6 is 22.9 Å². The fourth-order valence-corrected chi connectivity index (χ4v) is 2.83. The predicted molar refractivity (Wildman–Crippen MR) is 77.2 cm³/mol. The topological polar surface area (TPSA) is 32.3 Å². The van der Waals surface area contributed by atoms with Crippen LogP contribution in [-0.4, -0.2) is 17.8 Å². The van der Waals surface area contributed by atoms with Gasteiger partial charge in [0.25, 0.3) is 0 Å². The van der Waals surface area contributed by atoms with Gasteiger partial charge >= 0.3 is 0 Å². The van der Waals surface area contributed by atoms with Gasteiger partial charge in [-0.05, 0) is 24.1 Å². The third-order valence-electron chi connectivity index (χ3n) is 2.74. The van der Waals surface area contributed by atoms with E-state index < -0.39 is 0 Å². The standard InChI is InChI=1S/C14H16ClNOS/c15-14-7-6-13(18-14)9-16-12(10-17)8-11-4-2-1-3-5-11/h1-7,12,16-17H,8-10H2. The smallest absolute Gasteiger partial charge is 0.0931 e. The Hall–Kier alpha value is -0.870. The summed E-state index contributed by atoms with van der Waals surface area (Å²) in [4.78, 5) is 1.19. The molecule has 0 aliphatic carbocycles. The number of hydrogen-bond acceptors (Lipinski definition) is 3. The van der Waals surface area contributed by atoms with E-state index in [1.807, 2.05) is 30.3 Å². The van der Waals surface area contributed by atoms with Crippen LogP contribution in [0.5, 0.6) is 0 Å². The minimum atomic E-state index is 0.0771. The third kappa shape index (κ3) is 4.10. The molecule has 1 unspecified atom stereocenters. The zero-order valence-electron chi connectivity index (χ0n) is 9.97. The van der Waals surface area contributed by atoms with Crippen LogP contribution in [0.4, 0.5) is 0 Å². The van der Waals surface area contributed by atoms with E-state index in [0.717, 1.165) is 17.3 Å². The molecule has 18 heavy (non-hydrogen) atoms. The Bertz CT molecular complexity index is 472. The Kier molecular flexibility index (Phi) is 5.20. The van der Waals surface area contributed by atoms with Crippen molar-refractivity contribution >= 4 is 22.9 Å². The van der Waals surface area contributed by atoms with Gasteiger partial charge < -0.3 is 10.4 Å². The lowest BCUT2D eigenvalue weighted by molar-refractivity contribution is 0.241. The van der Waals surface area contributed by atoms with Crippen LogP contribution in [0.2, 0.25) is 4.34 Å². The monoisotopic (exact) mass is 281 g/mol. The van der Waals surface area contributed by atoms with Gasteiger partial charge in [-0.3, -0.25) is 0 Å². The summed E-state index contributed by atoms with van der Waals surface area (Å²) in [5, 5.41) is 12.7. The van der Waals surface area contributed by atoms with Crippen molar-refractivity contribution in [1.29, 1.82) is 0 Å². The van der Waals surface area contributed by atoms with Gasteiger partial charge in [-0.2, -0.15) is 0 Å². The quantitative estimate of drug-likeness (QED) is 0.853. The maximum absolute atomic E-state index is 9.39. The number of benzene rings is 1. The number of rotatable bonds is 6. The van der Waals surface area contributed by atoms with Crippen molar-refractivity contribution in [2.45, 2.75) is 19.0 Å². The molecule has 2 rings (SSSR count). The Balaban J connectivity index is 1.86. The van der Waals surface area contributed by atoms with Crippen molar-refractivity contribution in [3.63, 3.8) is 0 Å². The first-order valence-corrected chi connectivity index (χ1v) is 7.10. The summed E-state index contributed by atoms with van der Waals surface area (Å²) < 4.78 is 0.801. The van der Waals surface area contributed by atoms with E-state index >= 15 is 0 Å². The predicted octanol–water partition coefficient (Wildman–Crippen LogP) is 3.09. The summed E-state index contributed by atoms with van der Waals surface area (Å²) in [6, 6.07) is 14.2. The number of hydrogen-bond donors (Lipinski definition) is 2. The fourth-order valence-electron chi connectivity index (χ4n) is 1.79. The van der Waals surface area contributed by atoms with Gasteiger partial charge in [-0.25, -0.2) is 0 Å². The summed E-state index contributed by atoms with van der Waals surface area (Å²) in [6.07, 6.45) is 0.830. The molecule has 0 fully saturated rings. The second-order valence-corrected chi connectivity index (χ2v) is 5.96. The largest absolute Gasteiger partial charge is 0.395 e. The Morgan fingerprint density at radius 1 is 1.17 bits per heavy atom. The second-order valence-electron chi connectivity index (χ2n) is 4.16. The second kappa shape index (κ2) is 6.90. The maximum Gasteiger partial charge on any atom is 0.0931 e. The van der Waals surface area contributed by atoms with E-state index in [1.54, 1.807) is 11.3 Å². The number of nitrogens with one attached hydrogen (secondary N) is 1. The molecule has 0 radical (unpaired) electrons. The van der Waals surface area contributed by atoms with E-state index in [-0.39, 0.29) is 12.6 Å². The molecule has 0 saturated carbocycles. The average Bonchev–Trinajstić information content (AvgIpc) is 2.81. The molecule has 0 aliphatic heterocycles. The molecule has 4 heteroatoms. The van der Waals surface area contributed by atoms with E-state index in [4.69, 9.17) is 11.6 Å². The molecule has 96 valence electrons. The summed E-state index contributed by atoms with van der Waals surface area (Å²) in [6.45, 7) is 0.878. The Morgan fingerprint density at radius 3 is 2.56 bits per heavy atom. The first-order valence-electron chi connectivity index (χ1n) is 5.90. The summed E-state index contributed by atoms with van der Waals surface area (Å²) in [5.74, 6) is 0. The van der Waals surface area contributed by atoms with Gasteiger partial charge in [0.05, 0.1) is 10.9 Å². The van der Waals surface area contributed by atoms with E-state index in [0.29, 0.717) is 0 Å². The zero-order valence-corrected chi connectivity index (χ0v) is 11.5. The van der Waals surface area contributed by atoms with Crippen LogP contribution in [0.25, 0.3) is 0 Å². The molecular formula is C14H16ClNOS. The van der Waals surface area contributed by atoms with E-state index in [2.05, 4.69) is 17.4 Å². The lowest BCUT2D eigenvalue weighted by Gasteiger charge is -2.15. The number of aliphatic hydroxyl groups excluding tert-OH is 1. The van der Waals surface area contributed by atoms with Crippen LogP contribution in [-0.2, 0) is 13.0 Å². The van der Waals surface area contributed by atoms with E-state index in [9.17, 15) is 5.11 Å². The fraction of sp³-hybridized carbons (Fsp3) is 0.286. The van der Waals surface area contributed by atoms with Gasteiger partial charge in [0.1, 0.15) is 0 Å². The average molecular weight is 282 g/mol. The molecule has 1 atom stereocenters. The van der Waals surface area contributed by atoms with Crippen molar-refractivity contribution in [3.8, 4) is 0 Å². The van der Waals surface area contributed by atoms with Gasteiger partial charge in [-0.1, -0.05) is 41.9 Å². The minimum absolute atomic E-state index is 0.0771. The molecule has 0 aliphatic rings. The Morgan fingerprint density at radius 2 is 1.94 bits per heavy atom. The van der Waals surface area contributed by atoms with E-state index in [1.165, 1.54) is 10.4 Å². The van der Waals surface area contributed by atoms with Crippen LogP contribution < -0.4 is 5.32 Å². The molecule has 2 N–H and O–H groups in total. The lowest BCUT2D eigenvalue weighted by atomic mass is 10.1. The highest BCUT2D eigenvalue weighted by atomic mass is 35.5. The molecule has 1 aromatic heterocycles. The summed E-state index contributed by atoms with van der Waals surface area (Å²) >= 11 is 7.45. The normalized spacial score (nSPS) is 12.6. The molecule has 1 aromatic carbocycles. The summed E-state index contributed by atoms with van der Waals surface area (Å²) in [5.41, 5.74) is 1.23. The van der Waals surface area contributed by atoms with Crippen LogP contribution in [0.15, 0.2) is 42.5 Å². The molecular weight excluding hydrogens is 266 g/mol.